The average Bonchev–Trinajstić information content (AvgIpc) is 2.78. The molecule has 0 bridgehead atoms. The van der Waals surface area contributed by atoms with Crippen molar-refractivity contribution in [2.75, 3.05) is 43.0 Å². The molecule has 8 heteroatoms. The first-order chi connectivity index (χ1) is 15.0. The molecule has 2 aliphatic rings. The number of amides is 1. The third kappa shape index (κ3) is 5.48. The van der Waals surface area contributed by atoms with Crippen LogP contribution in [0.4, 0.5) is 5.82 Å². The number of rotatable bonds is 7. The van der Waals surface area contributed by atoms with Crippen LogP contribution in [0.3, 0.4) is 0 Å². The van der Waals surface area contributed by atoms with Crippen molar-refractivity contribution in [1.82, 2.24) is 19.8 Å². The van der Waals surface area contributed by atoms with Crippen LogP contribution < -0.4 is 11.1 Å². The van der Waals surface area contributed by atoms with Crippen molar-refractivity contribution in [3.05, 3.63) is 30.1 Å². The molecule has 4 rings (SSSR count). The summed E-state index contributed by atoms with van der Waals surface area (Å²) < 4.78 is 0. The van der Waals surface area contributed by atoms with Gasteiger partial charge in [0.25, 0.3) is 0 Å². The Hall–Kier alpha value is -1.90. The van der Waals surface area contributed by atoms with Crippen LogP contribution in [-0.2, 0) is 11.3 Å². The summed E-state index contributed by atoms with van der Waals surface area (Å²) in [7, 11) is 0. The lowest BCUT2D eigenvalue weighted by Crippen LogP contribution is -2.50. The quantitative estimate of drug-likeness (QED) is 0.681. The van der Waals surface area contributed by atoms with Gasteiger partial charge in [-0.1, -0.05) is 26.0 Å². The maximum atomic E-state index is 11.9. The van der Waals surface area contributed by atoms with Gasteiger partial charge >= 0.3 is 0 Å². The highest BCUT2D eigenvalue weighted by molar-refractivity contribution is 7.99. The number of benzene rings is 1. The Morgan fingerprint density at radius 2 is 1.87 bits per heavy atom. The van der Waals surface area contributed by atoms with E-state index in [-0.39, 0.29) is 11.8 Å². The predicted octanol–water partition coefficient (Wildman–Crippen LogP) is 2.56. The molecule has 1 aromatic carbocycles. The summed E-state index contributed by atoms with van der Waals surface area (Å²) in [6, 6.07) is 8.23. The number of fused-ring (bicyclic) bond motifs is 1. The Morgan fingerprint density at radius 1 is 1.16 bits per heavy atom. The second-order valence-corrected chi connectivity index (χ2v) is 10.2. The number of thioether (sulfide) groups is 1. The van der Waals surface area contributed by atoms with Crippen LogP contribution in [-0.4, -0.2) is 75.4 Å². The normalized spacial score (nSPS) is 20.2. The fourth-order valence-electron chi connectivity index (χ4n) is 4.56. The molecule has 7 nitrogen and oxygen atoms in total. The minimum absolute atomic E-state index is 0.0703. The fourth-order valence-corrected chi connectivity index (χ4v) is 5.64. The van der Waals surface area contributed by atoms with Gasteiger partial charge in [0.1, 0.15) is 17.7 Å². The van der Waals surface area contributed by atoms with Gasteiger partial charge in [-0.3, -0.25) is 14.6 Å². The van der Waals surface area contributed by atoms with E-state index in [9.17, 15) is 4.79 Å². The number of primary amides is 1. The second kappa shape index (κ2) is 10.1. The Morgan fingerprint density at radius 3 is 2.55 bits per heavy atom. The van der Waals surface area contributed by atoms with Gasteiger partial charge in [0.2, 0.25) is 5.91 Å². The smallest absolute Gasteiger partial charge is 0.240 e. The number of hydrogen-bond acceptors (Lipinski definition) is 7. The summed E-state index contributed by atoms with van der Waals surface area (Å²) in [5.41, 5.74) is 6.52. The highest BCUT2D eigenvalue weighted by Gasteiger charge is 2.26. The lowest BCUT2D eigenvalue weighted by Gasteiger charge is -2.40. The molecule has 1 aromatic heterocycles. The Balaban J connectivity index is 1.47. The predicted molar refractivity (Wildman–Crippen MR) is 128 cm³/mol. The van der Waals surface area contributed by atoms with Gasteiger partial charge in [0.15, 0.2) is 0 Å². The minimum atomic E-state index is -0.469. The monoisotopic (exact) mass is 442 g/mol. The first kappa shape index (κ1) is 22.3. The highest BCUT2D eigenvalue weighted by Crippen LogP contribution is 2.25. The van der Waals surface area contributed by atoms with Crippen LogP contribution >= 0.6 is 11.8 Å². The Kier molecular flexibility index (Phi) is 7.30. The molecule has 3 heterocycles. The summed E-state index contributed by atoms with van der Waals surface area (Å²) >= 11 is 2.09. The molecule has 2 aliphatic heterocycles. The molecule has 2 fully saturated rings. The van der Waals surface area contributed by atoms with Gasteiger partial charge in [-0.05, 0) is 42.4 Å². The topological polar surface area (TPSA) is 87.4 Å². The average molecular weight is 443 g/mol. The zero-order valence-electron chi connectivity index (χ0n) is 18.6. The second-order valence-electron chi connectivity index (χ2n) is 8.93. The number of nitrogens with two attached hydrogens (primary N) is 1. The largest absolute Gasteiger partial charge is 0.368 e. The van der Waals surface area contributed by atoms with E-state index in [2.05, 4.69) is 26.9 Å². The molecule has 1 unspecified atom stereocenters. The number of hydrogen-bond donors (Lipinski definition) is 2. The maximum Gasteiger partial charge on any atom is 0.240 e. The number of carbonyl (C=O) groups is 1. The molecule has 1 atom stereocenters. The van der Waals surface area contributed by atoms with Crippen LogP contribution in [0.2, 0.25) is 0 Å². The van der Waals surface area contributed by atoms with Crippen molar-refractivity contribution >= 4 is 34.4 Å². The Bertz CT molecular complexity index is 893. The number of nitrogens with zero attached hydrogens (tertiary/aromatic N) is 4. The maximum absolute atomic E-state index is 11.9. The lowest BCUT2D eigenvalue weighted by atomic mass is 10.0. The molecule has 3 N–H and O–H groups in total. The number of piperazine rings is 1. The molecular weight excluding hydrogens is 408 g/mol. The molecule has 2 saturated heterocycles. The van der Waals surface area contributed by atoms with E-state index in [4.69, 9.17) is 15.7 Å². The Labute approximate surface area is 189 Å². The van der Waals surface area contributed by atoms with Crippen molar-refractivity contribution in [3.63, 3.8) is 0 Å². The number of para-hydroxylation sites is 1. The van der Waals surface area contributed by atoms with E-state index in [0.29, 0.717) is 5.82 Å². The molecule has 0 spiro atoms. The third-order valence-corrected chi connectivity index (χ3v) is 7.44. The van der Waals surface area contributed by atoms with Crippen LogP contribution in [0.5, 0.6) is 0 Å². The summed E-state index contributed by atoms with van der Waals surface area (Å²) in [5, 5.41) is 4.21. The van der Waals surface area contributed by atoms with E-state index < -0.39 is 6.04 Å². The van der Waals surface area contributed by atoms with Gasteiger partial charge in [-0.2, -0.15) is 11.8 Å². The van der Waals surface area contributed by atoms with E-state index >= 15 is 0 Å². The van der Waals surface area contributed by atoms with E-state index in [1.165, 1.54) is 24.3 Å². The van der Waals surface area contributed by atoms with Gasteiger partial charge in [0, 0.05) is 37.6 Å². The van der Waals surface area contributed by atoms with Gasteiger partial charge in [-0.15, -0.1) is 0 Å². The SMILES string of the molecule is CC(C)C(Nc1nc(CN2CCN(C3CCSCC3)CC2)nc2ccccc12)C(N)=O. The van der Waals surface area contributed by atoms with Crippen molar-refractivity contribution in [2.24, 2.45) is 11.7 Å². The molecule has 168 valence electrons. The van der Waals surface area contributed by atoms with Crippen LogP contribution in [0.1, 0.15) is 32.5 Å². The number of aromatic nitrogens is 2. The van der Waals surface area contributed by atoms with Crippen LogP contribution in [0.15, 0.2) is 24.3 Å². The van der Waals surface area contributed by atoms with Crippen LogP contribution in [0, 0.1) is 5.92 Å². The van der Waals surface area contributed by atoms with Crippen LogP contribution in [0.25, 0.3) is 10.9 Å². The zero-order chi connectivity index (χ0) is 21.8. The fraction of sp³-hybridized carbons (Fsp3) is 0.609. The standard InChI is InChI=1S/C23H34N6OS/c1-16(2)21(22(24)30)27-23-18-5-3-4-6-19(18)25-20(26-23)15-28-9-11-29(12-10-28)17-7-13-31-14-8-17/h3-6,16-17,21H,7-15H2,1-2H3,(H2,24,30)(H,25,26,27). The summed E-state index contributed by atoms with van der Waals surface area (Å²) in [6.07, 6.45) is 2.65. The molecule has 31 heavy (non-hydrogen) atoms. The van der Waals surface area contributed by atoms with Gasteiger partial charge in [-0.25, -0.2) is 9.97 Å². The molecular formula is C23H34N6OS. The van der Waals surface area contributed by atoms with Gasteiger partial charge in [0.05, 0.1) is 12.1 Å². The van der Waals surface area contributed by atoms with Crippen molar-refractivity contribution in [2.45, 2.75) is 45.3 Å². The summed E-state index contributed by atoms with van der Waals surface area (Å²) in [6.45, 7) is 9.00. The summed E-state index contributed by atoms with van der Waals surface area (Å²) in [5.74, 6) is 3.78. The van der Waals surface area contributed by atoms with Crippen molar-refractivity contribution in [3.8, 4) is 0 Å². The first-order valence-electron chi connectivity index (χ1n) is 11.4. The van der Waals surface area contributed by atoms with Crippen molar-refractivity contribution < 1.29 is 4.79 Å². The molecule has 0 aliphatic carbocycles. The number of nitrogens with one attached hydrogen (secondary N) is 1. The zero-order valence-corrected chi connectivity index (χ0v) is 19.4. The molecule has 0 radical (unpaired) electrons. The lowest BCUT2D eigenvalue weighted by molar-refractivity contribution is -0.119. The molecule has 2 aromatic rings. The van der Waals surface area contributed by atoms with Gasteiger partial charge < -0.3 is 11.1 Å². The van der Waals surface area contributed by atoms with E-state index in [1.54, 1.807) is 0 Å². The van der Waals surface area contributed by atoms with E-state index in [1.807, 2.05) is 38.1 Å². The molecule has 0 saturated carbocycles. The van der Waals surface area contributed by atoms with E-state index in [0.717, 1.165) is 55.5 Å². The third-order valence-electron chi connectivity index (χ3n) is 6.39. The molecule has 1 amide bonds. The number of carbonyl (C=O) groups excluding carboxylic acids is 1. The minimum Gasteiger partial charge on any atom is -0.368 e. The first-order valence-corrected chi connectivity index (χ1v) is 12.5. The highest BCUT2D eigenvalue weighted by atomic mass is 32.2. The van der Waals surface area contributed by atoms with Crippen molar-refractivity contribution in [1.29, 1.82) is 0 Å². The summed E-state index contributed by atoms with van der Waals surface area (Å²) in [4.78, 5) is 26.7. The number of anilines is 1.